The lowest BCUT2D eigenvalue weighted by Gasteiger charge is -2.05. The van der Waals surface area contributed by atoms with Crippen molar-refractivity contribution in [2.75, 3.05) is 12.8 Å². The van der Waals surface area contributed by atoms with E-state index in [4.69, 9.17) is 15.6 Å². The van der Waals surface area contributed by atoms with E-state index in [9.17, 15) is 9.59 Å². The lowest BCUT2D eigenvalue weighted by molar-refractivity contribution is 0.0686. The number of aromatic carboxylic acids is 1. The number of nitrogens with two attached hydrogens (primary N) is 1. The number of ketones is 1. The van der Waals surface area contributed by atoms with Gasteiger partial charge in [-0.25, -0.2) is 4.79 Å². The van der Waals surface area contributed by atoms with Crippen molar-refractivity contribution in [3.63, 3.8) is 0 Å². The fraction of sp³-hybridized carbons (Fsp3) is 0.143. The van der Waals surface area contributed by atoms with Crippen LogP contribution in [0, 0.1) is 0 Å². The molecule has 2 aromatic rings. The molecular weight excluding hydrogens is 260 g/mol. The minimum atomic E-state index is -1.08. The van der Waals surface area contributed by atoms with Crippen LogP contribution in [0.2, 0.25) is 0 Å². The molecule has 6 heteroatoms. The second-order valence-corrected chi connectivity index (χ2v) is 4.32. The molecule has 104 valence electrons. The van der Waals surface area contributed by atoms with Crippen LogP contribution in [0.4, 0.5) is 5.69 Å². The Bertz CT molecular complexity index is 688. The Morgan fingerprint density at radius 1 is 1.25 bits per heavy atom. The number of benzene rings is 1. The number of carboxylic acids is 1. The highest BCUT2D eigenvalue weighted by molar-refractivity contribution is 6.10. The number of nitrogen functional groups attached to an aromatic ring is 1. The fourth-order valence-corrected chi connectivity index (χ4v) is 1.94. The van der Waals surface area contributed by atoms with Gasteiger partial charge in [0.1, 0.15) is 11.4 Å². The third kappa shape index (κ3) is 2.35. The average molecular weight is 274 g/mol. The van der Waals surface area contributed by atoms with Crippen molar-refractivity contribution < 1.29 is 19.4 Å². The molecule has 1 aromatic heterocycles. The maximum atomic E-state index is 12.3. The van der Waals surface area contributed by atoms with E-state index in [1.807, 2.05) is 0 Å². The molecule has 20 heavy (non-hydrogen) atoms. The molecule has 1 aromatic carbocycles. The second kappa shape index (κ2) is 5.08. The van der Waals surface area contributed by atoms with E-state index in [1.54, 1.807) is 19.2 Å². The van der Waals surface area contributed by atoms with Crippen LogP contribution in [0.15, 0.2) is 30.5 Å². The third-order valence-corrected chi connectivity index (χ3v) is 2.98. The van der Waals surface area contributed by atoms with Crippen LogP contribution in [-0.4, -0.2) is 28.5 Å². The first-order valence-corrected chi connectivity index (χ1v) is 5.82. The minimum Gasteiger partial charge on any atom is -0.495 e. The van der Waals surface area contributed by atoms with Gasteiger partial charge in [0, 0.05) is 24.4 Å². The van der Waals surface area contributed by atoms with Crippen molar-refractivity contribution in [1.82, 2.24) is 4.57 Å². The van der Waals surface area contributed by atoms with Gasteiger partial charge in [-0.2, -0.15) is 0 Å². The zero-order valence-corrected chi connectivity index (χ0v) is 11.1. The first kappa shape index (κ1) is 13.7. The van der Waals surface area contributed by atoms with Crippen LogP contribution in [0.25, 0.3) is 0 Å². The average Bonchev–Trinajstić information content (AvgIpc) is 2.80. The van der Waals surface area contributed by atoms with Crippen LogP contribution < -0.4 is 10.5 Å². The number of carbonyl (C=O) groups is 2. The van der Waals surface area contributed by atoms with Gasteiger partial charge in [-0.15, -0.1) is 0 Å². The zero-order valence-electron chi connectivity index (χ0n) is 11.1. The largest absolute Gasteiger partial charge is 0.495 e. The van der Waals surface area contributed by atoms with Gasteiger partial charge in [0.25, 0.3) is 0 Å². The summed E-state index contributed by atoms with van der Waals surface area (Å²) in [6.07, 6.45) is 1.48. The summed E-state index contributed by atoms with van der Waals surface area (Å²) in [5.74, 6) is -0.885. The van der Waals surface area contributed by atoms with Crippen molar-refractivity contribution >= 4 is 17.4 Å². The van der Waals surface area contributed by atoms with E-state index in [1.165, 1.54) is 30.0 Å². The summed E-state index contributed by atoms with van der Waals surface area (Å²) in [5.41, 5.74) is 6.84. The predicted molar refractivity (Wildman–Crippen MR) is 73.2 cm³/mol. The van der Waals surface area contributed by atoms with E-state index >= 15 is 0 Å². The molecule has 0 amide bonds. The first-order chi connectivity index (χ1) is 9.43. The number of aromatic nitrogens is 1. The number of nitrogens with zero attached hydrogens (tertiary/aromatic N) is 1. The molecule has 2 rings (SSSR count). The maximum Gasteiger partial charge on any atom is 0.352 e. The lowest BCUT2D eigenvalue weighted by atomic mass is 10.0. The third-order valence-electron chi connectivity index (χ3n) is 2.98. The Labute approximate surface area is 115 Å². The number of ether oxygens (including phenoxy) is 1. The number of carbonyl (C=O) groups excluding carboxylic acids is 1. The summed E-state index contributed by atoms with van der Waals surface area (Å²) < 4.78 is 6.41. The van der Waals surface area contributed by atoms with Crippen molar-refractivity contribution in [3.05, 3.63) is 47.3 Å². The van der Waals surface area contributed by atoms with Gasteiger partial charge in [-0.1, -0.05) is 0 Å². The Hall–Kier alpha value is -2.76. The van der Waals surface area contributed by atoms with E-state index in [0.717, 1.165) is 0 Å². The summed E-state index contributed by atoms with van der Waals surface area (Å²) >= 11 is 0. The number of hydrogen-bond acceptors (Lipinski definition) is 4. The van der Waals surface area contributed by atoms with Gasteiger partial charge in [-0.3, -0.25) is 4.79 Å². The van der Waals surface area contributed by atoms with Gasteiger partial charge in [0.15, 0.2) is 5.78 Å². The smallest absolute Gasteiger partial charge is 0.352 e. The maximum absolute atomic E-state index is 12.3. The van der Waals surface area contributed by atoms with Crippen LogP contribution >= 0.6 is 0 Å². The van der Waals surface area contributed by atoms with Gasteiger partial charge in [0.05, 0.1) is 12.8 Å². The van der Waals surface area contributed by atoms with Crippen LogP contribution in [0.1, 0.15) is 26.4 Å². The predicted octanol–water partition coefficient (Wildman–Crippen LogP) is 1.55. The van der Waals surface area contributed by atoms with E-state index < -0.39 is 5.97 Å². The Morgan fingerprint density at radius 3 is 2.45 bits per heavy atom. The zero-order chi connectivity index (χ0) is 14.9. The summed E-state index contributed by atoms with van der Waals surface area (Å²) in [6.45, 7) is 0. The van der Waals surface area contributed by atoms with Crippen molar-refractivity contribution in [2.45, 2.75) is 0 Å². The fourth-order valence-electron chi connectivity index (χ4n) is 1.94. The Balaban J connectivity index is 2.38. The van der Waals surface area contributed by atoms with Crippen molar-refractivity contribution in [3.8, 4) is 5.75 Å². The normalized spacial score (nSPS) is 10.3. The molecule has 0 fully saturated rings. The number of aryl methyl sites for hydroxylation is 1. The highest BCUT2D eigenvalue weighted by Gasteiger charge is 2.17. The molecule has 0 aliphatic heterocycles. The summed E-state index contributed by atoms with van der Waals surface area (Å²) in [5, 5.41) is 8.98. The minimum absolute atomic E-state index is 0.0508. The highest BCUT2D eigenvalue weighted by atomic mass is 16.5. The van der Waals surface area contributed by atoms with Gasteiger partial charge < -0.3 is 20.1 Å². The molecule has 0 aliphatic rings. The van der Waals surface area contributed by atoms with Crippen LogP contribution in [0.5, 0.6) is 5.75 Å². The number of methoxy groups -OCH3 is 1. The molecule has 0 bridgehead atoms. The lowest BCUT2D eigenvalue weighted by Crippen LogP contribution is -2.02. The molecule has 1 heterocycles. The Morgan fingerprint density at radius 2 is 1.95 bits per heavy atom. The molecule has 0 radical (unpaired) electrons. The van der Waals surface area contributed by atoms with Gasteiger partial charge >= 0.3 is 5.97 Å². The van der Waals surface area contributed by atoms with E-state index in [0.29, 0.717) is 22.6 Å². The van der Waals surface area contributed by atoms with Crippen molar-refractivity contribution in [1.29, 1.82) is 0 Å². The second-order valence-electron chi connectivity index (χ2n) is 4.32. The number of rotatable bonds is 4. The van der Waals surface area contributed by atoms with Gasteiger partial charge in [0.2, 0.25) is 0 Å². The molecule has 6 nitrogen and oxygen atoms in total. The molecule has 0 unspecified atom stereocenters. The highest BCUT2D eigenvalue weighted by Crippen LogP contribution is 2.23. The molecule has 0 saturated heterocycles. The summed E-state index contributed by atoms with van der Waals surface area (Å²) in [6, 6.07) is 6.04. The summed E-state index contributed by atoms with van der Waals surface area (Å²) in [7, 11) is 3.06. The number of anilines is 1. The molecule has 3 N–H and O–H groups in total. The van der Waals surface area contributed by atoms with Crippen molar-refractivity contribution in [2.24, 2.45) is 7.05 Å². The van der Waals surface area contributed by atoms with E-state index in [2.05, 4.69) is 0 Å². The number of carboxylic acid groups (broad SMARTS) is 1. The van der Waals surface area contributed by atoms with Gasteiger partial charge in [-0.05, 0) is 24.3 Å². The molecule has 0 spiro atoms. The Kier molecular flexibility index (Phi) is 3.47. The molecular formula is C14H14N2O4. The first-order valence-electron chi connectivity index (χ1n) is 5.82. The SMILES string of the molecule is COc1ccc(C(=O)c2cc(C(=O)O)n(C)c2)cc1N. The molecule has 0 aliphatic carbocycles. The summed E-state index contributed by atoms with van der Waals surface area (Å²) in [4.78, 5) is 23.2. The van der Waals surface area contributed by atoms with Crippen LogP contribution in [0.3, 0.4) is 0 Å². The topological polar surface area (TPSA) is 94.5 Å². The van der Waals surface area contributed by atoms with Crippen LogP contribution in [-0.2, 0) is 7.05 Å². The molecule has 0 atom stereocenters. The quantitative estimate of drug-likeness (QED) is 0.651. The standard InChI is InChI=1S/C14H14N2O4/c1-16-7-9(6-11(16)14(18)19)13(17)8-3-4-12(20-2)10(15)5-8/h3-7H,15H2,1-2H3,(H,18,19). The monoisotopic (exact) mass is 274 g/mol. The number of hydrogen-bond donors (Lipinski definition) is 2. The van der Waals surface area contributed by atoms with E-state index in [-0.39, 0.29) is 11.5 Å². The molecule has 0 saturated carbocycles.